The number of nitrogens with zero attached hydrogens (tertiary/aromatic N) is 5. The van der Waals surface area contributed by atoms with Gasteiger partial charge in [-0.3, -0.25) is 9.48 Å². The average Bonchev–Trinajstić information content (AvgIpc) is 3.15. The van der Waals surface area contributed by atoms with Crippen LogP contribution in [0.2, 0.25) is 0 Å². The molecule has 0 spiro atoms. The molecule has 3 heterocycles. The highest BCUT2D eigenvalue weighted by molar-refractivity contribution is 5.92. The monoisotopic (exact) mass is 316 g/mol. The van der Waals surface area contributed by atoms with E-state index < -0.39 is 0 Å². The van der Waals surface area contributed by atoms with Crippen LogP contribution in [-0.4, -0.2) is 52.4 Å². The molecule has 1 N–H and O–H groups in total. The number of amides is 1. The minimum Gasteiger partial charge on any atom is -0.370 e. The first kappa shape index (κ1) is 15.4. The Morgan fingerprint density at radius 1 is 1.39 bits per heavy atom. The molecule has 1 amide bonds. The van der Waals surface area contributed by atoms with E-state index in [-0.39, 0.29) is 18.1 Å². The quantitative estimate of drug-likeness (QED) is 0.886. The standard InChI is InChI=1S/C15H20N6O2/c1-20(2)13-9-16-11(8-17-13)15(22)19-10-5-7-23-14(10)12-4-6-18-21(12)3/h4,6,8-10,14H,5,7H2,1-3H3,(H,19,22)/t10-,14-/m0/s1. The van der Waals surface area contributed by atoms with E-state index in [1.807, 2.05) is 32.1 Å². The SMILES string of the molecule is CN(C)c1cnc(C(=O)N[C@H]2CCO[C@@H]2c2ccnn2C)cn1. The lowest BCUT2D eigenvalue weighted by atomic mass is 10.1. The summed E-state index contributed by atoms with van der Waals surface area (Å²) in [5.41, 5.74) is 1.24. The summed E-state index contributed by atoms with van der Waals surface area (Å²) < 4.78 is 7.52. The number of hydrogen-bond donors (Lipinski definition) is 1. The molecule has 1 aliphatic heterocycles. The van der Waals surface area contributed by atoms with E-state index in [2.05, 4.69) is 20.4 Å². The molecule has 8 nitrogen and oxygen atoms in total. The Labute approximate surface area is 134 Å². The first-order chi connectivity index (χ1) is 11.1. The highest BCUT2D eigenvalue weighted by Crippen LogP contribution is 2.28. The fourth-order valence-electron chi connectivity index (χ4n) is 2.60. The van der Waals surface area contributed by atoms with Crippen molar-refractivity contribution in [3.05, 3.63) is 36.0 Å². The fraction of sp³-hybridized carbons (Fsp3) is 0.467. The van der Waals surface area contributed by atoms with Gasteiger partial charge in [-0.15, -0.1) is 0 Å². The molecule has 0 aromatic carbocycles. The van der Waals surface area contributed by atoms with Crippen molar-refractivity contribution < 1.29 is 9.53 Å². The molecule has 122 valence electrons. The van der Waals surface area contributed by atoms with Crippen LogP contribution in [0.25, 0.3) is 0 Å². The molecule has 1 saturated heterocycles. The number of aromatic nitrogens is 4. The zero-order chi connectivity index (χ0) is 16.4. The van der Waals surface area contributed by atoms with E-state index in [1.165, 1.54) is 6.20 Å². The van der Waals surface area contributed by atoms with E-state index in [0.717, 1.165) is 12.1 Å². The second-order valence-corrected chi connectivity index (χ2v) is 5.69. The topological polar surface area (TPSA) is 85.2 Å². The molecule has 0 aliphatic carbocycles. The molecule has 0 unspecified atom stereocenters. The van der Waals surface area contributed by atoms with Gasteiger partial charge >= 0.3 is 0 Å². The Bertz CT molecular complexity index is 682. The molecule has 0 radical (unpaired) electrons. The molecule has 3 rings (SSSR count). The summed E-state index contributed by atoms with van der Waals surface area (Å²) >= 11 is 0. The van der Waals surface area contributed by atoms with E-state index in [1.54, 1.807) is 17.1 Å². The lowest BCUT2D eigenvalue weighted by Crippen LogP contribution is -2.37. The smallest absolute Gasteiger partial charge is 0.271 e. The normalized spacial score (nSPS) is 20.5. The van der Waals surface area contributed by atoms with Gasteiger partial charge in [0, 0.05) is 33.9 Å². The van der Waals surface area contributed by atoms with Gasteiger partial charge in [-0.25, -0.2) is 9.97 Å². The largest absolute Gasteiger partial charge is 0.370 e. The molecular weight excluding hydrogens is 296 g/mol. The number of carbonyl (C=O) groups is 1. The number of anilines is 1. The molecule has 0 bridgehead atoms. The van der Waals surface area contributed by atoms with Crippen molar-refractivity contribution in [3.8, 4) is 0 Å². The number of carbonyl (C=O) groups excluding carboxylic acids is 1. The second-order valence-electron chi connectivity index (χ2n) is 5.69. The van der Waals surface area contributed by atoms with Crippen molar-refractivity contribution in [2.75, 3.05) is 25.6 Å². The Kier molecular flexibility index (Phi) is 4.24. The molecular formula is C15H20N6O2. The molecule has 0 saturated carbocycles. The zero-order valence-corrected chi connectivity index (χ0v) is 13.4. The van der Waals surface area contributed by atoms with Crippen molar-refractivity contribution in [1.82, 2.24) is 25.1 Å². The summed E-state index contributed by atoms with van der Waals surface area (Å²) in [7, 11) is 5.61. The van der Waals surface area contributed by atoms with E-state index in [4.69, 9.17) is 4.74 Å². The van der Waals surface area contributed by atoms with Gasteiger partial charge < -0.3 is 15.0 Å². The van der Waals surface area contributed by atoms with Crippen LogP contribution in [0.3, 0.4) is 0 Å². The van der Waals surface area contributed by atoms with Crippen LogP contribution < -0.4 is 10.2 Å². The van der Waals surface area contributed by atoms with Crippen molar-refractivity contribution in [2.45, 2.75) is 18.6 Å². The third-order valence-electron chi connectivity index (χ3n) is 3.89. The van der Waals surface area contributed by atoms with Gasteiger partial charge in [-0.1, -0.05) is 0 Å². The number of rotatable bonds is 4. The molecule has 2 atom stereocenters. The first-order valence-corrected chi connectivity index (χ1v) is 7.46. The Morgan fingerprint density at radius 3 is 2.83 bits per heavy atom. The van der Waals surface area contributed by atoms with Crippen LogP contribution in [0.15, 0.2) is 24.7 Å². The highest BCUT2D eigenvalue weighted by atomic mass is 16.5. The molecule has 2 aromatic rings. The third-order valence-corrected chi connectivity index (χ3v) is 3.89. The van der Waals surface area contributed by atoms with Gasteiger partial charge in [0.05, 0.1) is 24.1 Å². The number of hydrogen-bond acceptors (Lipinski definition) is 6. The second kappa shape index (κ2) is 6.33. The van der Waals surface area contributed by atoms with E-state index >= 15 is 0 Å². The van der Waals surface area contributed by atoms with Crippen molar-refractivity contribution >= 4 is 11.7 Å². The van der Waals surface area contributed by atoms with Crippen molar-refractivity contribution in [2.24, 2.45) is 7.05 Å². The Balaban J connectivity index is 1.70. The van der Waals surface area contributed by atoms with Crippen molar-refractivity contribution in [1.29, 1.82) is 0 Å². The van der Waals surface area contributed by atoms with Gasteiger partial charge in [0.1, 0.15) is 17.6 Å². The maximum absolute atomic E-state index is 12.4. The van der Waals surface area contributed by atoms with E-state index in [9.17, 15) is 4.79 Å². The Morgan fingerprint density at radius 2 is 2.22 bits per heavy atom. The Hall–Kier alpha value is -2.48. The summed E-state index contributed by atoms with van der Waals surface area (Å²) in [6.45, 7) is 0.603. The molecule has 1 aliphatic rings. The zero-order valence-electron chi connectivity index (χ0n) is 13.4. The third kappa shape index (κ3) is 3.16. The molecule has 1 fully saturated rings. The maximum Gasteiger partial charge on any atom is 0.271 e. The van der Waals surface area contributed by atoms with Gasteiger partial charge in [0.2, 0.25) is 0 Å². The molecule has 23 heavy (non-hydrogen) atoms. The lowest BCUT2D eigenvalue weighted by molar-refractivity contribution is 0.0789. The first-order valence-electron chi connectivity index (χ1n) is 7.46. The maximum atomic E-state index is 12.4. The minimum atomic E-state index is -0.245. The van der Waals surface area contributed by atoms with Crippen LogP contribution in [0, 0.1) is 0 Å². The summed E-state index contributed by atoms with van der Waals surface area (Å²) in [4.78, 5) is 22.6. The highest BCUT2D eigenvalue weighted by Gasteiger charge is 2.33. The number of aryl methyl sites for hydroxylation is 1. The predicted molar refractivity (Wildman–Crippen MR) is 84.1 cm³/mol. The van der Waals surface area contributed by atoms with Crippen molar-refractivity contribution in [3.63, 3.8) is 0 Å². The van der Waals surface area contributed by atoms with E-state index in [0.29, 0.717) is 18.1 Å². The van der Waals surface area contributed by atoms with Crippen LogP contribution in [0.1, 0.15) is 28.7 Å². The summed E-state index contributed by atoms with van der Waals surface area (Å²) in [5, 5.41) is 7.14. The van der Waals surface area contributed by atoms with Gasteiger partial charge in [-0.05, 0) is 12.5 Å². The van der Waals surface area contributed by atoms with Crippen LogP contribution in [0.5, 0.6) is 0 Å². The van der Waals surface area contributed by atoms with Crippen LogP contribution in [-0.2, 0) is 11.8 Å². The lowest BCUT2D eigenvalue weighted by Gasteiger charge is -2.20. The molecule has 8 heteroatoms. The molecule has 2 aromatic heterocycles. The average molecular weight is 316 g/mol. The summed E-state index contributed by atoms with van der Waals surface area (Å²) in [6.07, 6.45) is 5.35. The number of ether oxygens (including phenoxy) is 1. The number of nitrogens with one attached hydrogen (secondary N) is 1. The fourth-order valence-corrected chi connectivity index (χ4v) is 2.60. The van der Waals surface area contributed by atoms with Gasteiger partial charge in [-0.2, -0.15) is 5.10 Å². The summed E-state index contributed by atoms with van der Waals surface area (Å²) in [5.74, 6) is 0.462. The van der Waals surface area contributed by atoms with Crippen LogP contribution >= 0.6 is 0 Å². The predicted octanol–water partition coefficient (Wildman–Crippen LogP) is 0.536. The van der Waals surface area contributed by atoms with Crippen LogP contribution in [0.4, 0.5) is 5.82 Å². The van der Waals surface area contributed by atoms with Gasteiger partial charge in [0.15, 0.2) is 0 Å². The summed E-state index contributed by atoms with van der Waals surface area (Å²) in [6, 6.07) is 1.80. The minimum absolute atomic E-state index is 0.103. The van der Waals surface area contributed by atoms with Gasteiger partial charge in [0.25, 0.3) is 5.91 Å².